The number of hydrogen-bond donors (Lipinski definition) is 2. The molecule has 1 amide bonds. The number of alkyl halides is 3. The van der Waals surface area contributed by atoms with Gasteiger partial charge in [0, 0.05) is 43.7 Å². The van der Waals surface area contributed by atoms with E-state index in [4.69, 9.17) is 4.74 Å². The molecular weight excluding hydrogens is 604 g/mol. The Morgan fingerprint density at radius 1 is 1.18 bits per heavy atom. The summed E-state index contributed by atoms with van der Waals surface area (Å²) in [7, 11) is 1.58. The van der Waals surface area contributed by atoms with Gasteiger partial charge in [-0.15, -0.1) is 0 Å². The van der Waals surface area contributed by atoms with E-state index in [0.717, 1.165) is 36.3 Å². The van der Waals surface area contributed by atoms with Crippen molar-refractivity contribution in [1.29, 1.82) is 0 Å². The van der Waals surface area contributed by atoms with Crippen LogP contribution in [0.2, 0.25) is 0 Å². The van der Waals surface area contributed by atoms with Crippen LogP contribution in [0.25, 0.3) is 11.3 Å². The number of nitrogens with one attached hydrogen (secondary N) is 1. The van der Waals surface area contributed by atoms with Gasteiger partial charge in [0.25, 0.3) is 5.91 Å². The van der Waals surface area contributed by atoms with Gasteiger partial charge in [-0.1, -0.05) is 24.7 Å². The molecule has 3 aromatic rings. The molecule has 0 spiro atoms. The maximum absolute atomic E-state index is 14.1. The van der Waals surface area contributed by atoms with Crippen LogP contribution >= 0.6 is 11.3 Å². The van der Waals surface area contributed by atoms with Gasteiger partial charge in [-0.2, -0.15) is 13.2 Å². The molecule has 10 nitrogen and oxygen atoms in total. The Kier molecular flexibility index (Phi) is 11.2. The number of benzene rings is 1. The SMILES string of the molecule is CCCCN(CCOC)Cc1sc(NC(=O)c2cnc(N3CCC(C(=O)O)CC3)cn2)nc1-c1ccc(F)c(C(F)(F)F)c1. The van der Waals surface area contributed by atoms with Crippen LogP contribution in [0.4, 0.5) is 28.5 Å². The summed E-state index contributed by atoms with van der Waals surface area (Å²) >= 11 is 1.11. The highest BCUT2D eigenvalue weighted by Gasteiger charge is 2.35. The van der Waals surface area contributed by atoms with Crippen molar-refractivity contribution in [3.63, 3.8) is 0 Å². The lowest BCUT2D eigenvalue weighted by atomic mass is 9.97. The number of nitrogens with zero attached hydrogens (tertiary/aromatic N) is 5. The lowest BCUT2D eigenvalue weighted by molar-refractivity contribution is -0.142. The molecule has 3 heterocycles. The fraction of sp³-hybridized carbons (Fsp3) is 0.483. The number of piperidine rings is 1. The molecule has 4 rings (SSSR count). The second kappa shape index (κ2) is 14.9. The van der Waals surface area contributed by atoms with Crippen LogP contribution < -0.4 is 10.2 Å². The number of amides is 1. The summed E-state index contributed by atoms with van der Waals surface area (Å²) in [5, 5.41) is 12.0. The number of carboxylic acid groups (broad SMARTS) is 1. The van der Waals surface area contributed by atoms with E-state index in [0.29, 0.717) is 62.9 Å². The van der Waals surface area contributed by atoms with E-state index < -0.39 is 35.4 Å². The summed E-state index contributed by atoms with van der Waals surface area (Å²) < 4.78 is 59.9. The van der Waals surface area contributed by atoms with Gasteiger partial charge in [0.15, 0.2) is 5.13 Å². The van der Waals surface area contributed by atoms with Crippen molar-refractivity contribution in [2.45, 2.75) is 45.3 Å². The van der Waals surface area contributed by atoms with Crippen LogP contribution in [0.15, 0.2) is 30.6 Å². The molecule has 1 fully saturated rings. The number of carbonyl (C=O) groups is 2. The highest BCUT2D eigenvalue weighted by Crippen LogP contribution is 2.37. The Morgan fingerprint density at radius 2 is 1.93 bits per heavy atom. The lowest BCUT2D eigenvalue weighted by Crippen LogP contribution is -2.36. The highest BCUT2D eigenvalue weighted by molar-refractivity contribution is 7.16. The van der Waals surface area contributed by atoms with E-state index in [1.165, 1.54) is 18.5 Å². The van der Waals surface area contributed by atoms with Crippen LogP contribution in [0.5, 0.6) is 0 Å². The number of ether oxygens (including phenoxy) is 1. The number of unbranched alkanes of at least 4 members (excludes halogenated alkanes) is 1. The summed E-state index contributed by atoms with van der Waals surface area (Å²) in [6.45, 7) is 5.12. The minimum atomic E-state index is -4.89. The molecule has 0 unspecified atom stereocenters. The third kappa shape index (κ3) is 8.48. The first-order chi connectivity index (χ1) is 21.0. The zero-order chi connectivity index (χ0) is 31.9. The van der Waals surface area contributed by atoms with Crippen molar-refractivity contribution in [2.75, 3.05) is 50.1 Å². The zero-order valence-electron chi connectivity index (χ0n) is 24.4. The first kappa shape index (κ1) is 33.2. The molecule has 0 radical (unpaired) electrons. The number of methoxy groups -OCH3 is 1. The Hall–Kier alpha value is -3.69. The molecule has 1 aromatic carbocycles. The maximum atomic E-state index is 14.1. The Balaban J connectivity index is 1.57. The molecule has 2 N–H and O–H groups in total. The van der Waals surface area contributed by atoms with Gasteiger partial charge in [-0.05, 0) is 44.0 Å². The van der Waals surface area contributed by atoms with E-state index in [1.54, 1.807) is 7.11 Å². The maximum Gasteiger partial charge on any atom is 0.419 e. The molecule has 1 aliphatic rings. The van der Waals surface area contributed by atoms with E-state index in [2.05, 4.69) is 25.2 Å². The molecular formula is C29H34F4N6O4S. The standard InChI is InChI=1S/C29H34F4N6O4S/c1-3-4-9-38(12-13-43-2)17-23-25(19-5-6-21(30)20(14-19)29(31,32)33)36-28(44-23)37-26(40)22-15-35-24(16-34-22)39-10-7-18(8-11-39)27(41)42/h5-6,14-16,18H,3-4,7-13,17H2,1-2H3,(H,41,42)(H,36,37,40). The number of aromatic nitrogens is 3. The van der Waals surface area contributed by atoms with Gasteiger partial charge >= 0.3 is 12.1 Å². The number of anilines is 2. The van der Waals surface area contributed by atoms with Crippen molar-refractivity contribution in [3.8, 4) is 11.3 Å². The average Bonchev–Trinajstić information content (AvgIpc) is 3.39. The van der Waals surface area contributed by atoms with Gasteiger partial charge in [0.2, 0.25) is 0 Å². The van der Waals surface area contributed by atoms with Gasteiger partial charge < -0.3 is 14.7 Å². The molecule has 0 atom stereocenters. The number of hydrogen-bond acceptors (Lipinski definition) is 9. The van der Waals surface area contributed by atoms with E-state index in [-0.39, 0.29) is 22.1 Å². The molecule has 1 aliphatic heterocycles. The smallest absolute Gasteiger partial charge is 0.419 e. The van der Waals surface area contributed by atoms with Crippen molar-refractivity contribution >= 4 is 34.2 Å². The summed E-state index contributed by atoms with van der Waals surface area (Å²) in [6, 6.07) is 2.73. The van der Waals surface area contributed by atoms with Gasteiger partial charge in [-0.3, -0.25) is 19.8 Å². The lowest BCUT2D eigenvalue weighted by Gasteiger charge is -2.30. The predicted octanol–water partition coefficient (Wildman–Crippen LogP) is 5.56. The van der Waals surface area contributed by atoms with Gasteiger partial charge in [-0.25, -0.2) is 19.3 Å². The molecule has 1 saturated heterocycles. The third-order valence-electron chi connectivity index (χ3n) is 7.31. The summed E-state index contributed by atoms with van der Waals surface area (Å²) in [6.07, 6.45) is 0.636. The molecule has 2 aromatic heterocycles. The number of carboxylic acids is 1. The summed E-state index contributed by atoms with van der Waals surface area (Å²) in [5.74, 6) is -2.70. The van der Waals surface area contributed by atoms with Gasteiger partial charge in [0.1, 0.15) is 17.3 Å². The summed E-state index contributed by atoms with van der Waals surface area (Å²) in [5.41, 5.74) is -1.12. The zero-order valence-corrected chi connectivity index (χ0v) is 25.2. The normalized spacial score (nSPS) is 14.3. The molecule has 0 saturated carbocycles. The topological polar surface area (TPSA) is 121 Å². The quantitative estimate of drug-likeness (QED) is 0.232. The second-order valence-corrected chi connectivity index (χ2v) is 11.5. The highest BCUT2D eigenvalue weighted by atomic mass is 32.1. The monoisotopic (exact) mass is 638 g/mol. The molecule has 0 aliphatic carbocycles. The first-order valence-corrected chi connectivity index (χ1v) is 15.0. The van der Waals surface area contributed by atoms with Gasteiger partial charge in [0.05, 0.1) is 36.2 Å². The molecule has 0 bridgehead atoms. The van der Waals surface area contributed by atoms with Crippen LogP contribution in [0.1, 0.15) is 53.5 Å². The second-order valence-electron chi connectivity index (χ2n) is 10.4. The largest absolute Gasteiger partial charge is 0.481 e. The summed E-state index contributed by atoms with van der Waals surface area (Å²) in [4.78, 5) is 41.9. The van der Waals surface area contributed by atoms with Crippen LogP contribution in [-0.4, -0.2) is 76.7 Å². The number of aliphatic carboxylic acids is 1. The Labute approximate surface area is 256 Å². The molecule has 44 heavy (non-hydrogen) atoms. The minimum absolute atomic E-state index is 0.00159. The number of thiazole rings is 1. The third-order valence-corrected chi connectivity index (χ3v) is 8.26. The molecule has 238 valence electrons. The fourth-order valence-corrected chi connectivity index (χ4v) is 5.84. The predicted molar refractivity (Wildman–Crippen MR) is 157 cm³/mol. The minimum Gasteiger partial charge on any atom is -0.481 e. The average molecular weight is 639 g/mol. The van der Waals surface area contributed by atoms with Crippen molar-refractivity contribution in [1.82, 2.24) is 19.9 Å². The first-order valence-electron chi connectivity index (χ1n) is 14.2. The Morgan fingerprint density at radius 3 is 2.55 bits per heavy atom. The number of rotatable bonds is 13. The number of halogens is 4. The number of carbonyl (C=O) groups excluding carboxylic acids is 1. The Bertz CT molecular complexity index is 1420. The van der Waals surface area contributed by atoms with Crippen molar-refractivity contribution in [3.05, 3.63) is 52.5 Å². The van der Waals surface area contributed by atoms with E-state index in [1.807, 2.05) is 11.8 Å². The van der Waals surface area contributed by atoms with Crippen LogP contribution in [0.3, 0.4) is 0 Å². The fourth-order valence-electron chi connectivity index (χ4n) is 4.82. The van der Waals surface area contributed by atoms with Crippen LogP contribution in [0, 0.1) is 11.7 Å². The van der Waals surface area contributed by atoms with E-state index in [9.17, 15) is 32.3 Å². The van der Waals surface area contributed by atoms with Crippen LogP contribution in [-0.2, 0) is 22.3 Å². The van der Waals surface area contributed by atoms with Crippen molar-refractivity contribution < 1.29 is 37.0 Å². The van der Waals surface area contributed by atoms with E-state index >= 15 is 0 Å². The molecule has 15 heteroatoms. The van der Waals surface area contributed by atoms with Crippen molar-refractivity contribution in [2.24, 2.45) is 5.92 Å².